The van der Waals surface area contributed by atoms with E-state index in [0.717, 1.165) is 29.8 Å². The van der Waals surface area contributed by atoms with Crippen molar-refractivity contribution in [1.29, 1.82) is 5.41 Å². The summed E-state index contributed by atoms with van der Waals surface area (Å²) in [6.45, 7) is 6.27. The molecule has 2 rings (SSSR count). The van der Waals surface area contributed by atoms with Crippen LogP contribution >= 0.6 is 0 Å². The van der Waals surface area contributed by atoms with Crippen LogP contribution in [-0.4, -0.2) is 17.0 Å². The molecule has 5 nitrogen and oxygen atoms in total. The van der Waals surface area contributed by atoms with Gasteiger partial charge in [-0.05, 0) is 47.8 Å². The van der Waals surface area contributed by atoms with Crippen molar-refractivity contribution in [3.05, 3.63) is 68.5 Å². The molecule has 0 aromatic heterocycles. The average molecular weight is 478 g/mol. The van der Waals surface area contributed by atoms with Gasteiger partial charge in [-0.25, -0.2) is 4.99 Å². The molecular weight excluding hydrogens is 449 g/mol. The fourth-order valence-corrected chi connectivity index (χ4v) is 4.14. The second kappa shape index (κ2) is 10.3. The first kappa shape index (κ1) is 21.2. The summed E-state index contributed by atoms with van der Waals surface area (Å²) < 4.78 is 2.40. The molecule has 0 aromatic carbocycles. The van der Waals surface area contributed by atoms with Crippen LogP contribution in [0.2, 0.25) is 0 Å². The second-order valence-electron chi connectivity index (χ2n) is 6.64. The number of fused-ring (bicyclic) bond motifs is 1. The maximum Gasteiger partial charge on any atom is 0.301 e. The van der Waals surface area contributed by atoms with Gasteiger partial charge in [-0.3, -0.25) is 0 Å². The fourth-order valence-electron chi connectivity index (χ4n) is 2.72. The Balaban J connectivity index is 2.22. The number of nitrogens with one attached hydrogen (secondary N) is 3. The van der Waals surface area contributed by atoms with Gasteiger partial charge in [0.2, 0.25) is 0 Å². The van der Waals surface area contributed by atoms with Crippen molar-refractivity contribution >= 4 is 12.1 Å². The van der Waals surface area contributed by atoms with E-state index in [1.165, 1.54) is 17.4 Å². The van der Waals surface area contributed by atoms with Crippen molar-refractivity contribution in [2.45, 2.75) is 33.6 Å². The first-order chi connectivity index (χ1) is 13.0. The van der Waals surface area contributed by atoms with Gasteiger partial charge in [-0.15, -0.1) is 0 Å². The van der Waals surface area contributed by atoms with E-state index in [2.05, 4.69) is 43.8 Å². The number of aliphatic imine (C=N–C) groups is 1. The minimum Gasteiger partial charge on any atom is -0.384 e. The zero-order valence-corrected chi connectivity index (χ0v) is 18.6. The van der Waals surface area contributed by atoms with Crippen LogP contribution in [0.3, 0.4) is 0 Å². The molecule has 5 N–H and O–H groups in total. The topological polar surface area (TPSA) is 86.3 Å². The fraction of sp³-hybridized carbons (Fsp3) is 0.333. The van der Waals surface area contributed by atoms with Gasteiger partial charge in [-0.2, -0.15) is 0 Å². The summed E-state index contributed by atoms with van der Waals surface area (Å²) in [6, 6.07) is 0. The van der Waals surface area contributed by atoms with Crippen LogP contribution < -0.4 is 37.6 Å². The van der Waals surface area contributed by atoms with E-state index in [-0.39, 0.29) is 27.1 Å². The zero-order valence-electron chi connectivity index (χ0n) is 16.4. The minimum atomic E-state index is 0.101. The molecule has 0 aliphatic carbocycles. The maximum absolute atomic E-state index is 7.48. The molecule has 0 unspecified atom stereocenters. The minimum absolute atomic E-state index is 0.101. The number of nitrogens with two attached hydrogens (primary N) is 1. The van der Waals surface area contributed by atoms with Crippen LogP contribution in [-0.2, 0) is 0 Å². The lowest BCUT2D eigenvalue weighted by molar-refractivity contribution is -0.557. The largest absolute Gasteiger partial charge is 0.384 e. The Morgan fingerprint density at radius 3 is 2.74 bits per heavy atom. The highest BCUT2D eigenvalue weighted by molar-refractivity contribution is 5.97. The van der Waals surface area contributed by atoms with Gasteiger partial charge >= 0.3 is 21.2 Å². The van der Waals surface area contributed by atoms with E-state index in [4.69, 9.17) is 11.1 Å². The lowest BCUT2D eigenvalue weighted by Crippen LogP contribution is -3.57. The Hall–Kier alpha value is -2.09. The summed E-state index contributed by atoms with van der Waals surface area (Å²) in [5.41, 5.74) is 11.6. The van der Waals surface area contributed by atoms with Crippen molar-refractivity contribution in [3.63, 3.8) is 0 Å². The first-order valence-electron chi connectivity index (χ1n) is 9.09. The molecule has 0 amide bonds. The van der Waals surface area contributed by atoms with Gasteiger partial charge < -0.3 is 21.8 Å². The van der Waals surface area contributed by atoms with Crippen molar-refractivity contribution in [1.82, 2.24) is 10.6 Å². The first-order valence-corrected chi connectivity index (χ1v) is 12.5. The monoisotopic (exact) mass is 478 g/mol. The number of allylic oxidation sites excluding steroid dienone is 6. The van der Waals surface area contributed by atoms with Gasteiger partial charge in [0.25, 0.3) is 0 Å². The molecule has 0 radical (unpaired) electrons. The van der Waals surface area contributed by atoms with Crippen LogP contribution in [0.1, 0.15) is 33.6 Å². The molecule has 0 aromatic rings. The Kier molecular flexibility index (Phi) is 8.09. The highest BCUT2D eigenvalue weighted by atomic mass is 127. The number of dihydropyridines is 2. The molecule has 0 atom stereocenters. The average Bonchev–Trinajstić information content (AvgIpc) is 2.65. The molecule has 2 aliphatic heterocycles. The van der Waals surface area contributed by atoms with Crippen LogP contribution in [0.4, 0.5) is 0 Å². The normalized spacial score (nSPS) is 17.9. The third-order valence-electron chi connectivity index (χ3n) is 4.17. The van der Waals surface area contributed by atoms with Crippen LogP contribution in [0.25, 0.3) is 0 Å². The SMILES string of the molecule is CCCC(=C[I+]C)C1=CNC2=CC=C(N=C(N)C=C(C=N)C(C)C)NC2=C1. The molecule has 144 valence electrons. The summed E-state index contributed by atoms with van der Waals surface area (Å²) in [4.78, 5) is 6.73. The van der Waals surface area contributed by atoms with Crippen molar-refractivity contribution < 1.29 is 21.2 Å². The number of nitrogens with zero attached hydrogens (tertiary/aromatic N) is 1. The quantitative estimate of drug-likeness (QED) is 0.179. The number of hydrogen-bond donors (Lipinski definition) is 4. The Morgan fingerprint density at radius 2 is 2.11 bits per heavy atom. The van der Waals surface area contributed by atoms with Crippen LogP contribution in [0, 0.1) is 11.3 Å². The third kappa shape index (κ3) is 5.95. The second-order valence-corrected chi connectivity index (χ2v) is 8.51. The van der Waals surface area contributed by atoms with E-state index in [0.29, 0.717) is 11.7 Å². The van der Waals surface area contributed by atoms with E-state index in [1.54, 1.807) is 6.08 Å². The molecule has 2 heterocycles. The summed E-state index contributed by atoms with van der Waals surface area (Å²) in [6.07, 6.45) is 13.5. The van der Waals surface area contributed by atoms with Crippen LogP contribution in [0.15, 0.2) is 73.5 Å². The third-order valence-corrected chi connectivity index (χ3v) is 5.55. The van der Waals surface area contributed by atoms with Gasteiger partial charge in [0.05, 0.1) is 11.4 Å². The Labute approximate surface area is 172 Å². The molecule has 27 heavy (non-hydrogen) atoms. The molecule has 0 bridgehead atoms. The predicted molar refractivity (Wildman–Crippen MR) is 111 cm³/mol. The predicted octanol–water partition coefficient (Wildman–Crippen LogP) is 0.678. The van der Waals surface area contributed by atoms with Crippen molar-refractivity contribution in [2.75, 3.05) is 4.93 Å². The standard InChI is InChI=1S/C21H29IN5/c1-5-6-15(11-22-4)17-9-19-18(25-13-17)7-8-21(26-19)27-20(24)10-16(12-23)14(2)3/h7-14,23,25-26H,5-6H2,1-4H3,(H2,24,27)/q+1. The smallest absolute Gasteiger partial charge is 0.301 e. The summed E-state index contributed by atoms with van der Waals surface area (Å²) in [5.74, 6) is 1.32. The van der Waals surface area contributed by atoms with Gasteiger partial charge in [-0.1, -0.05) is 27.2 Å². The van der Waals surface area contributed by atoms with E-state index in [1.807, 2.05) is 26.0 Å². The zero-order chi connectivity index (χ0) is 19.8. The van der Waals surface area contributed by atoms with Gasteiger partial charge in [0.15, 0.2) is 4.08 Å². The summed E-state index contributed by atoms with van der Waals surface area (Å²) in [7, 11) is 0. The summed E-state index contributed by atoms with van der Waals surface area (Å²) >= 11 is 0.101. The lowest BCUT2D eigenvalue weighted by Gasteiger charge is -2.23. The summed E-state index contributed by atoms with van der Waals surface area (Å²) in [5, 5.41) is 14.2. The molecule has 0 fully saturated rings. The van der Waals surface area contributed by atoms with Crippen LogP contribution in [0.5, 0.6) is 0 Å². The molecule has 6 heteroatoms. The highest BCUT2D eigenvalue weighted by Gasteiger charge is 2.17. The maximum atomic E-state index is 7.48. The molecule has 2 aliphatic rings. The number of hydrogen-bond acceptors (Lipinski definition) is 4. The number of alkyl halides is 1. The van der Waals surface area contributed by atoms with E-state index >= 15 is 0 Å². The van der Waals surface area contributed by atoms with Gasteiger partial charge in [0, 0.05) is 18.0 Å². The lowest BCUT2D eigenvalue weighted by atomic mass is 10.00. The molecule has 0 saturated carbocycles. The van der Waals surface area contributed by atoms with Crippen molar-refractivity contribution in [3.8, 4) is 0 Å². The molecule has 0 saturated heterocycles. The molecule has 0 spiro atoms. The highest BCUT2D eigenvalue weighted by Crippen LogP contribution is 2.24. The molecular formula is C21H29IN5+. The Morgan fingerprint density at radius 1 is 1.33 bits per heavy atom. The Bertz CT molecular complexity index is 791. The van der Waals surface area contributed by atoms with Gasteiger partial charge in [0.1, 0.15) is 16.6 Å². The van der Waals surface area contributed by atoms with E-state index < -0.39 is 0 Å². The van der Waals surface area contributed by atoms with E-state index in [9.17, 15) is 0 Å². The van der Waals surface area contributed by atoms with Crippen molar-refractivity contribution in [2.24, 2.45) is 16.6 Å². The number of halogens is 1. The number of amidine groups is 1. The number of rotatable bonds is 8.